The van der Waals surface area contributed by atoms with E-state index in [-0.39, 0.29) is 5.91 Å². The first-order valence-electron chi connectivity index (χ1n) is 5.93. The van der Waals surface area contributed by atoms with Crippen molar-refractivity contribution in [2.24, 2.45) is 5.92 Å². The SMILES string of the molecule is CC(=O)N1Cc2ccccc2CC1C(C)C. The fraction of sp³-hybridized carbons (Fsp3) is 0.500. The van der Waals surface area contributed by atoms with Gasteiger partial charge in [0, 0.05) is 19.5 Å². The van der Waals surface area contributed by atoms with Crippen LogP contribution in [-0.2, 0) is 17.8 Å². The van der Waals surface area contributed by atoms with Crippen LogP contribution in [0.3, 0.4) is 0 Å². The van der Waals surface area contributed by atoms with E-state index in [1.54, 1.807) is 6.92 Å². The summed E-state index contributed by atoms with van der Waals surface area (Å²) in [5.41, 5.74) is 2.70. The van der Waals surface area contributed by atoms with Gasteiger partial charge in [0.2, 0.25) is 5.91 Å². The highest BCUT2D eigenvalue weighted by Crippen LogP contribution is 2.27. The second-order valence-electron chi connectivity index (χ2n) is 4.93. The lowest BCUT2D eigenvalue weighted by Gasteiger charge is -2.38. The van der Waals surface area contributed by atoms with Crippen molar-refractivity contribution in [1.82, 2.24) is 4.90 Å². The Hall–Kier alpha value is -1.31. The van der Waals surface area contributed by atoms with Gasteiger partial charge in [-0.2, -0.15) is 0 Å². The third-order valence-corrected chi connectivity index (χ3v) is 3.46. The predicted octanol–water partition coefficient (Wildman–Crippen LogP) is 2.62. The maximum Gasteiger partial charge on any atom is 0.220 e. The van der Waals surface area contributed by atoms with Gasteiger partial charge in [-0.05, 0) is 23.5 Å². The highest BCUT2D eigenvalue weighted by Gasteiger charge is 2.29. The molecule has 1 amide bonds. The van der Waals surface area contributed by atoms with Gasteiger partial charge in [0.1, 0.15) is 0 Å². The van der Waals surface area contributed by atoms with Crippen molar-refractivity contribution in [3.05, 3.63) is 35.4 Å². The molecule has 1 aromatic rings. The van der Waals surface area contributed by atoms with Gasteiger partial charge in [-0.3, -0.25) is 4.79 Å². The van der Waals surface area contributed by atoms with Crippen molar-refractivity contribution in [3.8, 4) is 0 Å². The van der Waals surface area contributed by atoms with E-state index in [9.17, 15) is 4.79 Å². The van der Waals surface area contributed by atoms with Gasteiger partial charge in [0.25, 0.3) is 0 Å². The number of fused-ring (bicyclic) bond motifs is 1. The maximum absolute atomic E-state index is 11.6. The first-order chi connectivity index (χ1) is 7.59. The number of carbonyl (C=O) groups excluding carboxylic acids is 1. The lowest BCUT2D eigenvalue weighted by atomic mass is 9.88. The minimum absolute atomic E-state index is 0.188. The fourth-order valence-electron chi connectivity index (χ4n) is 2.49. The molecule has 1 aliphatic heterocycles. The topological polar surface area (TPSA) is 20.3 Å². The number of nitrogens with zero attached hydrogens (tertiary/aromatic N) is 1. The van der Waals surface area contributed by atoms with Crippen LogP contribution < -0.4 is 0 Å². The fourth-order valence-corrected chi connectivity index (χ4v) is 2.49. The summed E-state index contributed by atoms with van der Waals surface area (Å²) in [6, 6.07) is 8.80. The Bertz CT molecular complexity index is 397. The average Bonchev–Trinajstić information content (AvgIpc) is 2.27. The molecule has 0 aromatic heterocycles. The summed E-state index contributed by atoms with van der Waals surface area (Å²) in [5, 5.41) is 0. The summed E-state index contributed by atoms with van der Waals surface area (Å²) >= 11 is 0. The van der Waals surface area contributed by atoms with Crippen LogP contribution in [0.1, 0.15) is 31.9 Å². The summed E-state index contributed by atoms with van der Waals surface area (Å²) in [4.78, 5) is 13.7. The number of benzene rings is 1. The monoisotopic (exact) mass is 217 g/mol. The molecule has 1 aliphatic rings. The standard InChI is InChI=1S/C14H19NO/c1-10(2)14-8-12-6-4-5-7-13(12)9-15(14)11(3)16/h4-7,10,14H,8-9H2,1-3H3. The van der Waals surface area contributed by atoms with Crippen LogP contribution in [-0.4, -0.2) is 16.8 Å². The van der Waals surface area contributed by atoms with E-state index in [0.717, 1.165) is 13.0 Å². The number of carbonyl (C=O) groups is 1. The molecule has 0 spiro atoms. The first kappa shape index (κ1) is 11.2. The molecule has 0 saturated heterocycles. The first-order valence-corrected chi connectivity index (χ1v) is 5.93. The van der Waals surface area contributed by atoms with Crippen LogP contribution in [0.4, 0.5) is 0 Å². The molecule has 0 bridgehead atoms. The summed E-state index contributed by atoms with van der Waals surface area (Å²) in [6.07, 6.45) is 0.993. The van der Waals surface area contributed by atoms with Crippen LogP contribution in [0.25, 0.3) is 0 Å². The van der Waals surface area contributed by atoms with Crippen LogP contribution in [0.5, 0.6) is 0 Å². The summed E-state index contributed by atoms with van der Waals surface area (Å²) < 4.78 is 0. The van der Waals surface area contributed by atoms with Gasteiger partial charge < -0.3 is 4.90 Å². The van der Waals surface area contributed by atoms with Gasteiger partial charge in [-0.1, -0.05) is 38.1 Å². The number of rotatable bonds is 1. The number of hydrogen-bond donors (Lipinski definition) is 0. The summed E-state index contributed by atoms with van der Waals surface area (Å²) in [7, 11) is 0. The van der Waals surface area contributed by atoms with Crippen LogP contribution in [0.15, 0.2) is 24.3 Å². The highest BCUT2D eigenvalue weighted by molar-refractivity contribution is 5.74. The van der Waals surface area contributed by atoms with E-state index in [2.05, 4.69) is 32.0 Å². The smallest absolute Gasteiger partial charge is 0.220 e. The Morgan fingerprint density at radius 3 is 2.50 bits per heavy atom. The molecule has 0 radical (unpaired) electrons. The lowest BCUT2D eigenvalue weighted by molar-refractivity contribution is -0.133. The van der Waals surface area contributed by atoms with Gasteiger partial charge in [-0.25, -0.2) is 0 Å². The van der Waals surface area contributed by atoms with Crippen molar-refractivity contribution >= 4 is 5.91 Å². The minimum Gasteiger partial charge on any atom is -0.335 e. The van der Waals surface area contributed by atoms with E-state index >= 15 is 0 Å². The average molecular weight is 217 g/mol. The molecule has 1 heterocycles. The molecule has 0 N–H and O–H groups in total. The van der Waals surface area contributed by atoms with E-state index in [0.29, 0.717) is 12.0 Å². The summed E-state index contributed by atoms with van der Waals surface area (Å²) in [6.45, 7) is 6.82. The van der Waals surface area contributed by atoms with Crippen molar-refractivity contribution < 1.29 is 4.79 Å². The molecule has 2 rings (SSSR count). The van der Waals surface area contributed by atoms with Crippen molar-refractivity contribution in [2.45, 2.75) is 39.8 Å². The molecule has 2 nitrogen and oxygen atoms in total. The molecule has 0 fully saturated rings. The van der Waals surface area contributed by atoms with E-state index < -0.39 is 0 Å². The predicted molar refractivity (Wildman–Crippen MR) is 65.0 cm³/mol. The highest BCUT2D eigenvalue weighted by atomic mass is 16.2. The van der Waals surface area contributed by atoms with Gasteiger partial charge in [-0.15, -0.1) is 0 Å². The van der Waals surface area contributed by atoms with E-state index in [1.807, 2.05) is 11.0 Å². The minimum atomic E-state index is 0.188. The van der Waals surface area contributed by atoms with Crippen LogP contribution in [0.2, 0.25) is 0 Å². The Morgan fingerprint density at radius 2 is 1.94 bits per heavy atom. The largest absolute Gasteiger partial charge is 0.335 e. The third kappa shape index (κ3) is 1.97. The molecule has 86 valence electrons. The molecule has 1 aromatic carbocycles. The molecule has 0 aliphatic carbocycles. The Morgan fingerprint density at radius 1 is 1.31 bits per heavy atom. The zero-order valence-electron chi connectivity index (χ0n) is 10.2. The quantitative estimate of drug-likeness (QED) is 0.708. The third-order valence-electron chi connectivity index (χ3n) is 3.46. The Labute approximate surface area is 97.3 Å². The van der Waals surface area contributed by atoms with E-state index in [1.165, 1.54) is 11.1 Å². The van der Waals surface area contributed by atoms with E-state index in [4.69, 9.17) is 0 Å². The Balaban J connectivity index is 2.33. The molecule has 1 unspecified atom stereocenters. The van der Waals surface area contributed by atoms with Gasteiger partial charge in [0.05, 0.1) is 0 Å². The normalized spacial score (nSPS) is 19.8. The Kier molecular flexibility index (Phi) is 2.99. The number of hydrogen-bond acceptors (Lipinski definition) is 1. The molecule has 2 heteroatoms. The second-order valence-corrected chi connectivity index (χ2v) is 4.93. The van der Waals surface area contributed by atoms with Gasteiger partial charge >= 0.3 is 0 Å². The zero-order valence-corrected chi connectivity index (χ0v) is 10.2. The number of amides is 1. The van der Waals surface area contributed by atoms with Crippen LogP contribution >= 0.6 is 0 Å². The zero-order chi connectivity index (χ0) is 11.7. The maximum atomic E-state index is 11.6. The van der Waals surface area contributed by atoms with Crippen molar-refractivity contribution in [1.29, 1.82) is 0 Å². The van der Waals surface area contributed by atoms with Crippen molar-refractivity contribution in [2.75, 3.05) is 0 Å². The summed E-state index contributed by atoms with van der Waals surface area (Å²) in [5.74, 6) is 0.699. The van der Waals surface area contributed by atoms with Crippen molar-refractivity contribution in [3.63, 3.8) is 0 Å². The lowest BCUT2D eigenvalue weighted by Crippen LogP contribution is -2.46. The molecule has 0 saturated carbocycles. The molecular weight excluding hydrogens is 198 g/mol. The molecule has 16 heavy (non-hydrogen) atoms. The second kappa shape index (κ2) is 4.28. The van der Waals surface area contributed by atoms with Crippen LogP contribution in [0, 0.1) is 5.92 Å². The molecular formula is C14H19NO. The van der Waals surface area contributed by atoms with Gasteiger partial charge in [0.15, 0.2) is 0 Å². The molecule has 1 atom stereocenters.